The highest BCUT2D eigenvalue weighted by Crippen LogP contribution is 2.06. The van der Waals surface area contributed by atoms with Gasteiger partial charge in [-0.2, -0.15) is 0 Å². The van der Waals surface area contributed by atoms with Gasteiger partial charge in [0.25, 0.3) is 19.5 Å². The summed E-state index contributed by atoms with van der Waals surface area (Å²) in [6.07, 6.45) is 3.86. The van der Waals surface area contributed by atoms with Crippen LogP contribution >= 0.6 is 24.1 Å². The molecule has 0 fully saturated rings. The molecule has 0 heterocycles. The number of hydrogen-bond donors (Lipinski definition) is 0. The molecule has 0 saturated carbocycles. The molecule has 0 rings (SSSR count). The summed E-state index contributed by atoms with van der Waals surface area (Å²) in [5.74, 6) is 0. The average molecular weight is 210 g/mol. The Morgan fingerprint density at radius 3 is 1.80 bits per heavy atom. The zero-order valence-electron chi connectivity index (χ0n) is 6.21. The van der Waals surface area contributed by atoms with Gasteiger partial charge in [-0.05, 0) is 29.2 Å². The number of hydrogen-bond acceptors (Lipinski definition) is 4. The molecule has 2 nitrogen and oxygen atoms in total. The van der Waals surface area contributed by atoms with E-state index >= 15 is 0 Å². The summed E-state index contributed by atoms with van der Waals surface area (Å²) in [6, 6.07) is 0. The Bertz CT molecular complexity index is 68.3. The van der Waals surface area contributed by atoms with Gasteiger partial charge in [0.05, 0.1) is 0 Å². The van der Waals surface area contributed by atoms with Gasteiger partial charge < -0.3 is 7.74 Å². The molecular weight excluding hydrogens is 200 g/mol. The van der Waals surface area contributed by atoms with Crippen LogP contribution in [-0.2, 0) is 7.74 Å². The molecule has 0 aromatic heterocycles. The van der Waals surface area contributed by atoms with Gasteiger partial charge in [0, 0.05) is 12.5 Å². The van der Waals surface area contributed by atoms with Crippen molar-refractivity contribution in [2.75, 3.05) is 12.5 Å². The molecule has 6 heteroatoms. The van der Waals surface area contributed by atoms with Gasteiger partial charge in [-0.3, -0.25) is 0 Å². The minimum Gasteiger partial charge on any atom is -0.358 e. The lowest BCUT2D eigenvalue weighted by Gasteiger charge is -2.04. The van der Waals surface area contributed by atoms with Crippen molar-refractivity contribution in [1.29, 1.82) is 0 Å². The minimum absolute atomic E-state index is 0.542. The van der Waals surface area contributed by atoms with Crippen LogP contribution in [-0.4, -0.2) is 32.0 Å². The fraction of sp³-hybridized carbons (Fsp3) is 1.00. The molecule has 0 aliphatic rings. The van der Waals surface area contributed by atoms with Crippen LogP contribution in [0, 0.1) is 0 Å². The van der Waals surface area contributed by atoms with Crippen molar-refractivity contribution in [2.24, 2.45) is 0 Å². The van der Waals surface area contributed by atoms with Crippen molar-refractivity contribution in [2.45, 2.75) is 12.1 Å². The largest absolute Gasteiger partial charge is 0.358 e. The van der Waals surface area contributed by atoms with Gasteiger partial charge in [-0.25, -0.2) is 0 Å². The SMILES string of the molecule is CSO[Si]C(C)[Si]OSC. The van der Waals surface area contributed by atoms with Crippen molar-refractivity contribution < 1.29 is 7.74 Å². The molecule has 0 aliphatic carbocycles. The summed E-state index contributed by atoms with van der Waals surface area (Å²) >= 11 is 2.84. The van der Waals surface area contributed by atoms with Crippen LogP contribution in [0.25, 0.3) is 0 Å². The second kappa shape index (κ2) is 8.15. The van der Waals surface area contributed by atoms with Gasteiger partial charge in [-0.1, -0.05) is 6.92 Å². The first-order chi connectivity index (χ1) is 4.81. The van der Waals surface area contributed by atoms with Crippen LogP contribution in [0.15, 0.2) is 0 Å². The normalized spacial score (nSPS) is 10.8. The van der Waals surface area contributed by atoms with E-state index < -0.39 is 0 Å². The van der Waals surface area contributed by atoms with Crippen molar-refractivity contribution in [3.8, 4) is 0 Å². The molecule has 0 saturated heterocycles. The third-order valence-electron chi connectivity index (χ3n) is 0.616. The predicted octanol–water partition coefficient (Wildman–Crippen LogP) is 1.58. The van der Waals surface area contributed by atoms with Gasteiger partial charge in [0.15, 0.2) is 0 Å². The smallest absolute Gasteiger partial charge is 0.253 e. The lowest BCUT2D eigenvalue weighted by Crippen LogP contribution is -2.09. The van der Waals surface area contributed by atoms with Crippen molar-refractivity contribution >= 4 is 43.6 Å². The third-order valence-corrected chi connectivity index (χ3v) is 4.13. The van der Waals surface area contributed by atoms with Gasteiger partial charge in [-0.15, -0.1) is 0 Å². The average Bonchev–Trinajstić information content (AvgIpc) is 1.97. The van der Waals surface area contributed by atoms with Gasteiger partial charge in [0.1, 0.15) is 0 Å². The Balaban J connectivity index is 3.00. The Morgan fingerprint density at radius 1 is 1.10 bits per heavy atom. The van der Waals surface area contributed by atoms with E-state index in [0.29, 0.717) is 24.7 Å². The minimum atomic E-state index is 0.542. The lowest BCUT2D eigenvalue weighted by molar-refractivity contribution is 0.664. The second-order valence-electron chi connectivity index (χ2n) is 1.46. The zero-order valence-corrected chi connectivity index (χ0v) is 9.84. The van der Waals surface area contributed by atoms with Gasteiger partial charge in [0.2, 0.25) is 0 Å². The summed E-state index contributed by atoms with van der Waals surface area (Å²) in [6.45, 7) is 2.13. The molecule has 0 N–H and O–H groups in total. The fourth-order valence-corrected chi connectivity index (χ4v) is 3.25. The standard InChI is InChI=1S/C4H10O2S2Si2/c1-4(9-5-7-2)10-6-8-3/h4H,1-3H3. The van der Waals surface area contributed by atoms with E-state index in [1.807, 2.05) is 12.5 Å². The van der Waals surface area contributed by atoms with Crippen LogP contribution in [0.3, 0.4) is 0 Å². The number of rotatable bonds is 6. The van der Waals surface area contributed by atoms with Gasteiger partial charge >= 0.3 is 0 Å². The first-order valence-corrected chi connectivity index (χ1v) is 6.98. The molecule has 58 valence electrons. The van der Waals surface area contributed by atoms with Crippen LogP contribution in [0.1, 0.15) is 6.92 Å². The van der Waals surface area contributed by atoms with Crippen LogP contribution in [0.2, 0.25) is 5.16 Å². The Kier molecular flexibility index (Phi) is 9.01. The van der Waals surface area contributed by atoms with Crippen LogP contribution in [0.5, 0.6) is 0 Å². The molecular formula is C4H10O2S2Si2. The summed E-state index contributed by atoms with van der Waals surface area (Å²) in [5, 5.41) is 0.542. The zero-order chi connectivity index (χ0) is 7.82. The fourth-order valence-electron chi connectivity index (χ4n) is 0.265. The van der Waals surface area contributed by atoms with Crippen molar-refractivity contribution in [1.82, 2.24) is 0 Å². The Morgan fingerprint density at radius 2 is 1.50 bits per heavy atom. The monoisotopic (exact) mass is 210 g/mol. The Hall–Kier alpha value is 1.05. The first-order valence-electron chi connectivity index (χ1n) is 2.71. The highest BCUT2D eigenvalue weighted by molar-refractivity contribution is 7.94. The lowest BCUT2D eigenvalue weighted by atomic mass is 11.0. The van der Waals surface area contributed by atoms with E-state index in [-0.39, 0.29) is 0 Å². The molecule has 4 radical (unpaired) electrons. The maximum atomic E-state index is 5.15. The van der Waals surface area contributed by atoms with E-state index in [9.17, 15) is 0 Å². The summed E-state index contributed by atoms with van der Waals surface area (Å²) in [5.41, 5.74) is 0. The molecule has 0 atom stereocenters. The summed E-state index contributed by atoms with van der Waals surface area (Å²) in [7, 11) is 1.11. The highest BCUT2D eigenvalue weighted by Gasteiger charge is 2.07. The molecule has 0 aliphatic heterocycles. The molecule has 0 aromatic rings. The molecule has 0 unspecified atom stereocenters. The molecule has 0 spiro atoms. The van der Waals surface area contributed by atoms with E-state index in [0.717, 1.165) is 0 Å². The first kappa shape index (κ1) is 11.1. The van der Waals surface area contributed by atoms with Crippen LogP contribution < -0.4 is 0 Å². The van der Waals surface area contributed by atoms with E-state index in [4.69, 9.17) is 7.74 Å². The third kappa shape index (κ3) is 7.16. The molecule has 0 amide bonds. The predicted molar refractivity (Wildman–Crippen MR) is 50.1 cm³/mol. The quantitative estimate of drug-likeness (QED) is 0.489. The summed E-state index contributed by atoms with van der Waals surface area (Å²) in [4.78, 5) is 0. The van der Waals surface area contributed by atoms with Crippen LogP contribution in [0.4, 0.5) is 0 Å². The van der Waals surface area contributed by atoms with E-state index in [1.54, 1.807) is 0 Å². The molecule has 0 bridgehead atoms. The Labute approximate surface area is 76.1 Å². The van der Waals surface area contributed by atoms with Crippen molar-refractivity contribution in [3.05, 3.63) is 0 Å². The molecule has 0 aromatic carbocycles. The highest BCUT2D eigenvalue weighted by atomic mass is 32.2. The second-order valence-corrected chi connectivity index (χ2v) is 6.24. The van der Waals surface area contributed by atoms with E-state index in [1.165, 1.54) is 24.1 Å². The van der Waals surface area contributed by atoms with E-state index in [2.05, 4.69) is 6.92 Å². The maximum Gasteiger partial charge on any atom is 0.253 e. The summed E-state index contributed by atoms with van der Waals surface area (Å²) < 4.78 is 10.3. The maximum absolute atomic E-state index is 5.15. The van der Waals surface area contributed by atoms with Crippen molar-refractivity contribution in [3.63, 3.8) is 0 Å². The molecule has 10 heavy (non-hydrogen) atoms. The topological polar surface area (TPSA) is 18.5 Å².